The van der Waals surface area contributed by atoms with E-state index in [4.69, 9.17) is 10.2 Å². The molecule has 0 saturated carbocycles. The van der Waals surface area contributed by atoms with Gasteiger partial charge in [-0.2, -0.15) is 4.98 Å². The zero-order valence-electron chi connectivity index (χ0n) is 9.64. The van der Waals surface area contributed by atoms with Gasteiger partial charge in [0.1, 0.15) is 5.52 Å². The third-order valence-electron chi connectivity index (χ3n) is 2.15. The van der Waals surface area contributed by atoms with Crippen LogP contribution in [0.4, 0.5) is 5.95 Å². The lowest BCUT2D eigenvalue weighted by Gasteiger charge is -2.18. The Morgan fingerprint density at radius 3 is 2.94 bits per heavy atom. The van der Waals surface area contributed by atoms with Gasteiger partial charge in [-0.3, -0.25) is 0 Å². The highest BCUT2D eigenvalue weighted by Crippen LogP contribution is 2.14. The Labute approximate surface area is 93.5 Å². The van der Waals surface area contributed by atoms with Crippen molar-refractivity contribution in [2.75, 3.05) is 18.5 Å². The lowest BCUT2D eigenvalue weighted by Crippen LogP contribution is -2.33. The lowest BCUT2D eigenvalue weighted by molar-refractivity contribution is 0.550. The van der Waals surface area contributed by atoms with Crippen LogP contribution in [0.25, 0.3) is 11.2 Å². The quantitative estimate of drug-likeness (QED) is 0.822. The van der Waals surface area contributed by atoms with Gasteiger partial charge in [0.15, 0.2) is 5.89 Å². The molecule has 16 heavy (non-hydrogen) atoms. The SMILES string of the molecule is Cc1nc2cnc(N(C)CC(C)N)nc2o1. The molecule has 6 nitrogen and oxygen atoms in total. The molecule has 2 heterocycles. The summed E-state index contributed by atoms with van der Waals surface area (Å²) < 4.78 is 5.34. The van der Waals surface area contributed by atoms with Crippen LogP contribution < -0.4 is 10.6 Å². The fourth-order valence-corrected chi connectivity index (χ4v) is 1.53. The van der Waals surface area contributed by atoms with Crippen molar-refractivity contribution in [3.63, 3.8) is 0 Å². The normalized spacial score (nSPS) is 13.0. The van der Waals surface area contributed by atoms with Gasteiger partial charge in [0, 0.05) is 26.6 Å². The van der Waals surface area contributed by atoms with Crippen LogP contribution in [-0.2, 0) is 0 Å². The van der Waals surface area contributed by atoms with Crippen molar-refractivity contribution in [2.45, 2.75) is 19.9 Å². The number of hydrogen-bond acceptors (Lipinski definition) is 6. The van der Waals surface area contributed by atoms with Gasteiger partial charge in [-0.05, 0) is 6.92 Å². The molecule has 0 bridgehead atoms. The lowest BCUT2D eigenvalue weighted by atomic mass is 10.3. The summed E-state index contributed by atoms with van der Waals surface area (Å²) in [5.74, 6) is 1.19. The average Bonchev–Trinajstić information content (AvgIpc) is 2.55. The number of likely N-dealkylation sites (N-methyl/N-ethyl adjacent to an activating group) is 1. The Morgan fingerprint density at radius 2 is 2.25 bits per heavy atom. The molecular weight excluding hydrogens is 206 g/mol. The van der Waals surface area contributed by atoms with E-state index >= 15 is 0 Å². The second-order valence-electron chi connectivity index (χ2n) is 3.95. The fourth-order valence-electron chi connectivity index (χ4n) is 1.53. The average molecular weight is 221 g/mol. The van der Waals surface area contributed by atoms with Crippen LogP contribution in [0.2, 0.25) is 0 Å². The molecule has 0 spiro atoms. The number of aryl methyl sites for hydroxylation is 1. The molecule has 0 radical (unpaired) electrons. The fraction of sp³-hybridized carbons (Fsp3) is 0.500. The second-order valence-corrected chi connectivity index (χ2v) is 3.95. The van der Waals surface area contributed by atoms with E-state index in [0.717, 1.165) is 0 Å². The van der Waals surface area contributed by atoms with Crippen LogP contribution in [0.15, 0.2) is 10.6 Å². The van der Waals surface area contributed by atoms with Crippen molar-refractivity contribution >= 4 is 17.2 Å². The largest absolute Gasteiger partial charge is 0.422 e. The van der Waals surface area contributed by atoms with E-state index in [1.54, 1.807) is 13.1 Å². The predicted octanol–water partition coefficient (Wildman–Crippen LogP) is 0.710. The maximum absolute atomic E-state index is 5.71. The number of nitrogens with zero attached hydrogens (tertiary/aromatic N) is 4. The number of fused-ring (bicyclic) bond motifs is 1. The minimum Gasteiger partial charge on any atom is -0.422 e. The molecule has 0 amide bonds. The van der Waals surface area contributed by atoms with Crippen molar-refractivity contribution in [1.82, 2.24) is 15.0 Å². The summed E-state index contributed by atoms with van der Waals surface area (Å²) in [4.78, 5) is 14.5. The van der Waals surface area contributed by atoms with Gasteiger partial charge in [0.05, 0.1) is 6.20 Å². The molecule has 1 unspecified atom stereocenters. The number of anilines is 1. The van der Waals surface area contributed by atoms with Crippen LogP contribution in [0.5, 0.6) is 0 Å². The molecule has 2 rings (SSSR count). The molecule has 1 atom stereocenters. The van der Waals surface area contributed by atoms with E-state index in [1.165, 1.54) is 0 Å². The number of aromatic nitrogens is 3. The first-order valence-electron chi connectivity index (χ1n) is 5.13. The molecule has 0 aliphatic carbocycles. The summed E-state index contributed by atoms with van der Waals surface area (Å²) in [6.07, 6.45) is 1.66. The summed E-state index contributed by atoms with van der Waals surface area (Å²) in [7, 11) is 1.90. The van der Waals surface area contributed by atoms with Crippen molar-refractivity contribution in [3.8, 4) is 0 Å². The topological polar surface area (TPSA) is 81.1 Å². The van der Waals surface area contributed by atoms with Crippen LogP contribution in [0.1, 0.15) is 12.8 Å². The van der Waals surface area contributed by atoms with Crippen molar-refractivity contribution in [1.29, 1.82) is 0 Å². The van der Waals surface area contributed by atoms with E-state index in [-0.39, 0.29) is 6.04 Å². The summed E-state index contributed by atoms with van der Waals surface area (Å²) in [5, 5.41) is 0. The first-order chi connectivity index (χ1) is 7.56. The van der Waals surface area contributed by atoms with Gasteiger partial charge in [-0.15, -0.1) is 0 Å². The zero-order valence-corrected chi connectivity index (χ0v) is 9.64. The first-order valence-corrected chi connectivity index (χ1v) is 5.13. The molecule has 2 N–H and O–H groups in total. The highest BCUT2D eigenvalue weighted by molar-refractivity contribution is 5.68. The highest BCUT2D eigenvalue weighted by Gasteiger charge is 2.10. The minimum absolute atomic E-state index is 0.0701. The maximum Gasteiger partial charge on any atom is 0.251 e. The van der Waals surface area contributed by atoms with Gasteiger partial charge in [-0.1, -0.05) is 0 Å². The van der Waals surface area contributed by atoms with Crippen molar-refractivity contribution in [3.05, 3.63) is 12.1 Å². The predicted molar refractivity (Wildman–Crippen MR) is 61.3 cm³/mol. The van der Waals surface area contributed by atoms with Gasteiger partial charge < -0.3 is 15.1 Å². The van der Waals surface area contributed by atoms with Gasteiger partial charge >= 0.3 is 0 Å². The summed E-state index contributed by atoms with van der Waals surface area (Å²) in [6.45, 7) is 4.42. The summed E-state index contributed by atoms with van der Waals surface area (Å²) >= 11 is 0. The summed E-state index contributed by atoms with van der Waals surface area (Å²) in [5.41, 5.74) is 6.90. The molecule has 0 aliphatic rings. The van der Waals surface area contributed by atoms with Gasteiger partial charge in [-0.25, -0.2) is 9.97 Å². The number of oxazole rings is 1. The monoisotopic (exact) mass is 221 g/mol. The Morgan fingerprint density at radius 1 is 1.50 bits per heavy atom. The van der Waals surface area contributed by atoms with E-state index < -0.39 is 0 Å². The highest BCUT2D eigenvalue weighted by atomic mass is 16.4. The summed E-state index contributed by atoms with van der Waals surface area (Å²) in [6, 6.07) is 0.0701. The van der Waals surface area contributed by atoms with E-state index in [2.05, 4.69) is 15.0 Å². The molecule has 0 saturated heterocycles. The maximum atomic E-state index is 5.71. The molecule has 86 valence electrons. The van der Waals surface area contributed by atoms with Gasteiger partial charge in [0.2, 0.25) is 5.95 Å². The Hall–Kier alpha value is -1.69. The van der Waals surface area contributed by atoms with Crippen LogP contribution in [0, 0.1) is 6.92 Å². The number of rotatable bonds is 3. The number of nitrogens with two attached hydrogens (primary N) is 1. The zero-order chi connectivity index (χ0) is 11.7. The molecule has 2 aromatic rings. The van der Waals surface area contributed by atoms with Crippen LogP contribution in [-0.4, -0.2) is 34.6 Å². The van der Waals surface area contributed by atoms with E-state index in [1.807, 2.05) is 18.9 Å². The minimum atomic E-state index is 0.0701. The Bertz CT molecular complexity index is 493. The first kappa shape index (κ1) is 10.8. The standard InChI is InChI=1S/C10H15N5O/c1-6(11)5-15(3)10-12-4-8-9(14-10)16-7(2)13-8/h4,6H,5,11H2,1-3H3. The Balaban J connectivity index is 2.31. The molecule has 0 aliphatic heterocycles. The molecular formula is C10H15N5O. The third-order valence-corrected chi connectivity index (χ3v) is 2.15. The van der Waals surface area contributed by atoms with Crippen LogP contribution >= 0.6 is 0 Å². The van der Waals surface area contributed by atoms with Crippen LogP contribution in [0.3, 0.4) is 0 Å². The molecule has 0 fully saturated rings. The van der Waals surface area contributed by atoms with Crippen molar-refractivity contribution < 1.29 is 4.42 Å². The van der Waals surface area contributed by atoms with Crippen molar-refractivity contribution in [2.24, 2.45) is 5.73 Å². The smallest absolute Gasteiger partial charge is 0.251 e. The third kappa shape index (κ3) is 2.11. The molecule has 6 heteroatoms. The Kier molecular flexibility index (Phi) is 2.74. The van der Waals surface area contributed by atoms with E-state index in [0.29, 0.717) is 29.6 Å². The number of hydrogen-bond donors (Lipinski definition) is 1. The van der Waals surface area contributed by atoms with Gasteiger partial charge in [0.25, 0.3) is 5.71 Å². The molecule has 2 aromatic heterocycles. The molecule has 0 aromatic carbocycles. The van der Waals surface area contributed by atoms with E-state index in [9.17, 15) is 0 Å². The second kappa shape index (κ2) is 4.05.